The van der Waals surface area contributed by atoms with E-state index in [1.54, 1.807) is 24.1 Å². The molecule has 26 heavy (non-hydrogen) atoms. The molecule has 0 aliphatic rings. The first-order valence-corrected chi connectivity index (χ1v) is 8.38. The number of carbonyl (C=O) groups excluding carboxylic acids is 1. The summed E-state index contributed by atoms with van der Waals surface area (Å²) in [4.78, 5) is 18.3. The first kappa shape index (κ1) is 17.7. The van der Waals surface area contributed by atoms with E-state index in [1.807, 2.05) is 50.2 Å². The number of nitrogens with zero attached hydrogens (tertiary/aromatic N) is 3. The van der Waals surface area contributed by atoms with Gasteiger partial charge in [0.1, 0.15) is 17.6 Å². The third kappa shape index (κ3) is 4.27. The second-order valence-corrected chi connectivity index (χ2v) is 6.15. The fourth-order valence-electron chi connectivity index (χ4n) is 2.58. The van der Waals surface area contributed by atoms with E-state index in [0.29, 0.717) is 23.7 Å². The summed E-state index contributed by atoms with van der Waals surface area (Å²) in [5.41, 5.74) is 2.27. The smallest absolute Gasteiger partial charge is 0.255 e. The van der Waals surface area contributed by atoms with Crippen LogP contribution >= 0.6 is 0 Å². The van der Waals surface area contributed by atoms with E-state index in [0.717, 1.165) is 11.3 Å². The van der Waals surface area contributed by atoms with Gasteiger partial charge in [0, 0.05) is 25.4 Å². The van der Waals surface area contributed by atoms with Gasteiger partial charge in [-0.3, -0.25) is 4.79 Å². The Morgan fingerprint density at radius 3 is 2.62 bits per heavy atom. The highest BCUT2D eigenvalue weighted by atomic mass is 16.5. The van der Waals surface area contributed by atoms with Gasteiger partial charge >= 0.3 is 0 Å². The molecule has 0 unspecified atom stereocenters. The topological polar surface area (TPSA) is 68.5 Å². The predicted molar refractivity (Wildman–Crippen MR) is 96.8 cm³/mol. The first-order chi connectivity index (χ1) is 12.5. The lowest BCUT2D eigenvalue weighted by molar-refractivity contribution is 0.0781. The fourth-order valence-corrected chi connectivity index (χ4v) is 2.58. The summed E-state index contributed by atoms with van der Waals surface area (Å²) in [6, 6.07) is 15.1. The van der Waals surface area contributed by atoms with Crippen LogP contribution in [0.3, 0.4) is 0 Å². The molecule has 0 bridgehead atoms. The molecular formula is C20H21N3O3. The van der Waals surface area contributed by atoms with Crippen LogP contribution in [-0.4, -0.2) is 28.0 Å². The number of pyridine rings is 1. The Labute approximate surface area is 152 Å². The lowest BCUT2D eigenvalue weighted by atomic mass is 10.1. The maximum atomic E-state index is 12.5. The van der Waals surface area contributed by atoms with Crippen molar-refractivity contribution < 1.29 is 14.1 Å². The highest BCUT2D eigenvalue weighted by Gasteiger charge is 2.15. The van der Waals surface area contributed by atoms with Crippen LogP contribution in [0.2, 0.25) is 0 Å². The van der Waals surface area contributed by atoms with Gasteiger partial charge in [0.05, 0.1) is 12.1 Å². The maximum Gasteiger partial charge on any atom is 0.255 e. The second kappa shape index (κ2) is 7.82. The van der Waals surface area contributed by atoms with Gasteiger partial charge in [0.25, 0.3) is 5.91 Å². The zero-order valence-corrected chi connectivity index (χ0v) is 15.0. The monoisotopic (exact) mass is 351 g/mol. The van der Waals surface area contributed by atoms with Crippen LogP contribution in [0.1, 0.15) is 40.4 Å². The molecule has 0 radical (unpaired) electrons. The molecule has 3 rings (SSSR count). The molecule has 2 heterocycles. The molecule has 0 spiro atoms. The van der Waals surface area contributed by atoms with Crippen molar-refractivity contribution in [1.82, 2.24) is 15.0 Å². The molecule has 2 aromatic heterocycles. The number of amides is 1. The van der Waals surface area contributed by atoms with Gasteiger partial charge in [-0.2, -0.15) is 0 Å². The minimum absolute atomic E-state index is 0.122. The third-order valence-corrected chi connectivity index (χ3v) is 3.97. The Hall–Kier alpha value is -3.15. The molecule has 1 amide bonds. The van der Waals surface area contributed by atoms with Crippen LogP contribution in [0.25, 0.3) is 0 Å². The summed E-state index contributed by atoms with van der Waals surface area (Å²) < 4.78 is 10.9. The van der Waals surface area contributed by atoms with Crippen molar-refractivity contribution in [2.24, 2.45) is 0 Å². The van der Waals surface area contributed by atoms with Gasteiger partial charge in [0.15, 0.2) is 0 Å². The maximum absolute atomic E-state index is 12.5. The summed E-state index contributed by atoms with van der Waals surface area (Å²) in [5, 5.41) is 3.90. The van der Waals surface area contributed by atoms with Gasteiger partial charge in [-0.05, 0) is 25.5 Å². The summed E-state index contributed by atoms with van der Waals surface area (Å²) in [6.45, 7) is 4.15. The first-order valence-electron chi connectivity index (χ1n) is 8.38. The van der Waals surface area contributed by atoms with Crippen LogP contribution in [0.4, 0.5) is 0 Å². The number of aryl methyl sites for hydroxylation is 1. The van der Waals surface area contributed by atoms with Crippen molar-refractivity contribution in [3.05, 3.63) is 77.3 Å². The number of aromatic nitrogens is 2. The Morgan fingerprint density at radius 2 is 2.00 bits per heavy atom. The largest absolute Gasteiger partial charge is 0.470 e. The summed E-state index contributed by atoms with van der Waals surface area (Å²) in [6.07, 6.45) is 1.41. The number of ether oxygens (including phenoxy) is 1. The van der Waals surface area contributed by atoms with Gasteiger partial charge < -0.3 is 14.2 Å². The van der Waals surface area contributed by atoms with Crippen LogP contribution < -0.4 is 4.74 Å². The third-order valence-electron chi connectivity index (χ3n) is 3.97. The molecule has 6 nitrogen and oxygen atoms in total. The minimum atomic E-state index is -0.138. The van der Waals surface area contributed by atoms with E-state index in [-0.39, 0.29) is 12.0 Å². The van der Waals surface area contributed by atoms with E-state index in [2.05, 4.69) is 10.1 Å². The Morgan fingerprint density at radius 1 is 1.23 bits per heavy atom. The zero-order valence-electron chi connectivity index (χ0n) is 15.0. The SMILES string of the molecule is Cc1cc(CN(C)C(=O)c2ccc(O[C@H](C)c3ccccc3)nc2)no1. The molecule has 0 fully saturated rings. The van der Waals surface area contributed by atoms with Gasteiger partial charge in [0.2, 0.25) is 5.88 Å². The molecule has 6 heteroatoms. The lowest BCUT2D eigenvalue weighted by Crippen LogP contribution is -2.26. The molecule has 1 aromatic carbocycles. The zero-order chi connectivity index (χ0) is 18.5. The summed E-state index contributed by atoms with van der Waals surface area (Å²) in [5.74, 6) is 1.06. The number of hydrogen-bond acceptors (Lipinski definition) is 5. The molecule has 0 saturated carbocycles. The molecule has 134 valence electrons. The number of benzene rings is 1. The van der Waals surface area contributed by atoms with Crippen molar-refractivity contribution in [3.63, 3.8) is 0 Å². The highest BCUT2D eigenvalue weighted by molar-refractivity contribution is 5.93. The van der Waals surface area contributed by atoms with Gasteiger partial charge in [-0.1, -0.05) is 35.5 Å². The van der Waals surface area contributed by atoms with Crippen LogP contribution in [0.5, 0.6) is 5.88 Å². The minimum Gasteiger partial charge on any atom is -0.470 e. The molecule has 0 saturated heterocycles. The van der Waals surface area contributed by atoms with E-state index in [1.165, 1.54) is 6.20 Å². The second-order valence-electron chi connectivity index (χ2n) is 6.15. The van der Waals surface area contributed by atoms with Crippen LogP contribution in [0, 0.1) is 6.92 Å². The predicted octanol–water partition coefficient (Wildman–Crippen LogP) is 3.79. The fraction of sp³-hybridized carbons (Fsp3) is 0.250. The van der Waals surface area contributed by atoms with Crippen molar-refractivity contribution in [1.29, 1.82) is 0 Å². The van der Waals surface area contributed by atoms with Gasteiger partial charge in [-0.15, -0.1) is 0 Å². The Balaban J connectivity index is 1.62. The Kier molecular flexibility index (Phi) is 5.31. The molecule has 3 aromatic rings. The number of carbonyl (C=O) groups is 1. The quantitative estimate of drug-likeness (QED) is 0.676. The Bertz CT molecular complexity index is 860. The van der Waals surface area contributed by atoms with Crippen LogP contribution in [0.15, 0.2) is 59.3 Å². The van der Waals surface area contributed by atoms with Crippen molar-refractivity contribution in [2.45, 2.75) is 26.5 Å². The molecular weight excluding hydrogens is 330 g/mol. The van der Waals surface area contributed by atoms with E-state index in [9.17, 15) is 4.79 Å². The number of rotatable bonds is 6. The van der Waals surface area contributed by atoms with Crippen molar-refractivity contribution in [3.8, 4) is 5.88 Å². The molecule has 1 atom stereocenters. The molecule has 0 aliphatic heterocycles. The average Bonchev–Trinajstić information content (AvgIpc) is 3.07. The van der Waals surface area contributed by atoms with Crippen molar-refractivity contribution >= 4 is 5.91 Å². The summed E-state index contributed by atoms with van der Waals surface area (Å²) in [7, 11) is 1.72. The van der Waals surface area contributed by atoms with E-state index in [4.69, 9.17) is 9.26 Å². The molecule has 0 N–H and O–H groups in total. The lowest BCUT2D eigenvalue weighted by Gasteiger charge is -2.16. The van der Waals surface area contributed by atoms with Gasteiger partial charge in [-0.25, -0.2) is 4.98 Å². The normalized spacial score (nSPS) is 11.8. The highest BCUT2D eigenvalue weighted by Crippen LogP contribution is 2.20. The number of hydrogen-bond donors (Lipinski definition) is 0. The standard InChI is InChI=1S/C20H21N3O3/c1-14-11-18(22-26-14)13-23(3)20(24)17-9-10-19(21-12-17)25-15(2)16-7-5-4-6-8-16/h4-12,15H,13H2,1-3H3/t15-/m1/s1. The van der Waals surface area contributed by atoms with Crippen LogP contribution in [-0.2, 0) is 6.54 Å². The van der Waals surface area contributed by atoms with Crippen molar-refractivity contribution in [2.75, 3.05) is 7.05 Å². The average molecular weight is 351 g/mol. The molecule has 0 aliphatic carbocycles. The van der Waals surface area contributed by atoms with E-state index >= 15 is 0 Å². The summed E-state index contributed by atoms with van der Waals surface area (Å²) >= 11 is 0. The van der Waals surface area contributed by atoms with E-state index < -0.39 is 0 Å².